The van der Waals surface area contributed by atoms with Crippen LogP contribution in [0.2, 0.25) is 5.02 Å². The third kappa shape index (κ3) is 6.70. The summed E-state index contributed by atoms with van der Waals surface area (Å²) in [6.07, 6.45) is 2.12. The predicted octanol–water partition coefficient (Wildman–Crippen LogP) is 3.59. The van der Waals surface area contributed by atoms with Crippen LogP contribution in [0.25, 0.3) is 0 Å². The Hall–Kier alpha value is -2.86. The maximum atomic E-state index is 11.8. The number of hydrazone groups is 1. The molecule has 2 aromatic rings. The number of hydrogen-bond acceptors (Lipinski definition) is 4. The van der Waals surface area contributed by atoms with Crippen molar-refractivity contribution in [1.82, 2.24) is 10.7 Å². The van der Waals surface area contributed by atoms with E-state index < -0.39 is 11.8 Å². The third-order valence-corrected chi connectivity index (χ3v) is 4.29. The van der Waals surface area contributed by atoms with Gasteiger partial charge in [-0.1, -0.05) is 48.4 Å². The van der Waals surface area contributed by atoms with Gasteiger partial charge in [0.2, 0.25) is 0 Å². The van der Waals surface area contributed by atoms with E-state index in [1.165, 1.54) is 11.8 Å². The van der Waals surface area contributed by atoms with Crippen LogP contribution in [0.5, 0.6) is 5.75 Å². The molecule has 0 saturated heterocycles. The van der Waals surface area contributed by atoms with E-state index in [0.717, 1.165) is 12.0 Å². The number of benzene rings is 2. The Morgan fingerprint density at radius 1 is 1.18 bits per heavy atom. The van der Waals surface area contributed by atoms with Crippen LogP contribution < -0.4 is 15.5 Å². The van der Waals surface area contributed by atoms with E-state index in [0.29, 0.717) is 22.9 Å². The fourth-order valence-corrected chi connectivity index (χ4v) is 2.38. The minimum Gasteiger partial charge on any atom is -0.488 e. The minimum atomic E-state index is -0.833. The molecule has 0 bridgehead atoms. The van der Waals surface area contributed by atoms with Crippen LogP contribution in [0.3, 0.4) is 0 Å². The highest BCUT2D eigenvalue weighted by Gasteiger charge is 2.14. The quantitative estimate of drug-likeness (QED) is 0.422. The van der Waals surface area contributed by atoms with Crippen molar-refractivity contribution < 1.29 is 14.3 Å². The van der Waals surface area contributed by atoms with Crippen molar-refractivity contribution in [3.63, 3.8) is 0 Å². The second kappa shape index (κ2) is 10.5. The summed E-state index contributed by atoms with van der Waals surface area (Å²) in [4.78, 5) is 23.5. The molecule has 148 valence electrons. The Balaban J connectivity index is 2.01. The van der Waals surface area contributed by atoms with Crippen molar-refractivity contribution in [2.24, 2.45) is 5.10 Å². The summed E-state index contributed by atoms with van der Waals surface area (Å²) in [5, 5.41) is 6.91. The molecule has 0 fully saturated rings. The number of carbonyl (C=O) groups is 2. The van der Waals surface area contributed by atoms with Gasteiger partial charge in [0, 0.05) is 16.6 Å². The highest BCUT2D eigenvalue weighted by Crippen LogP contribution is 2.22. The van der Waals surface area contributed by atoms with Gasteiger partial charge in [0.1, 0.15) is 12.4 Å². The van der Waals surface area contributed by atoms with E-state index in [9.17, 15) is 9.59 Å². The first kappa shape index (κ1) is 21.4. The predicted molar refractivity (Wildman–Crippen MR) is 111 cm³/mol. The standard InChI is InChI=1S/C21H24ClN3O3/c1-4-15(3)24-20(26)21(27)25-23-12-17-11-18(22)9-10-19(17)28-13-16-7-5-14(2)6-8-16/h5-12,15H,4,13H2,1-3H3,(H,24,26)(H,25,27)/b23-12-/t15-/m1/s1. The van der Waals surface area contributed by atoms with E-state index in [1.807, 2.05) is 45.0 Å². The van der Waals surface area contributed by atoms with Crippen LogP contribution in [-0.4, -0.2) is 24.1 Å². The number of carbonyl (C=O) groups excluding carboxylic acids is 2. The molecule has 0 saturated carbocycles. The van der Waals surface area contributed by atoms with Crippen LogP contribution >= 0.6 is 11.6 Å². The van der Waals surface area contributed by atoms with Gasteiger partial charge in [-0.3, -0.25) is 9.59 Å². The SMILES string of the molecule is CC[C@@H](C)NC(=O)C(=O)N/N=C\c1cc(Cl)ccc1OCc1ccc(C)cc1. The first-order valence-corrected chi connectivity index (χ1v) is 9.38. The van der Waals surface area contributed by atoms with Gasteiger partial charge in [-0.05, 0) is 44.0 Å². The highest BCUT2D eigenvalue weighted by molar-refractivity contribution is 6.35. The van der Waals surface area contributed by atoms with Gasteiger partial charge in [0.05, 0.1) is 6.21 Å². The Kier molecular flexibility index (Phi) is 8.02. The Bertz CT molecular complexity index is 850. The number of amides is 2. The van der Waals surface area contributed by atoms with Gasteiger partial charge in [0.15, 0.2) is 0 Å². The number of aryl methyl sites for hydroxylation is 1. The van der Waals surface area contributed by atoms with Gasteiger partial charge in [-0.25, -0.2) is 5.43 Å². The molecule has 0 aromatic heterocycles. The summed E-state index contributed by atoms with van der Waals surface area (Å²) in [6.45, 7) is 6.14. The molecule has 7 heteroatoms. The van der Waals surface area contributed by atoms with E-state index in [1.54, 1.807) is 18.2 Å². The summed E-state index contributed by atoms with van der Waals surface area (Å²) in [7, 11) is 0. The molecular formula is C21H24ClN3O3. The summed E-state index contributed by atoms with van der Waals surface area (Å²) < 4.78 is 5.85. The van der Waals surface area contributed by atoms with Gasteiger partial charge in [0.25, 0.3) is 0 Å². The van der Waals surface area contributed by atoms with Crippen LogP contribution in [0.4, 0.5) is 0 Å². The number of nitrogens with zero attached hydrogens (tertiary/aromatic N) is 1. The van der Waals surface area contributed by atoms with Crippen molar-refractivity contribution in [3.8, 4) is 5.75 Å². The molecule has 0 aliphatic carbocycles. The summed E-state index contributed by atoms with van der Waals surface area (Å²) >= 11 is 6.05. The second-order valence-electron chi connectivity index (χ2n) is 6.44. The van der Waals surface area contributed by atoms with Gasteiger partial charge in [-0.15, -0.1) is 0 Å². The zero-order chi connectivity index (χ0) is 20.5. The van der Waals surface area contributed by atoms with Crippen LogP contribution in [-0.2, 0) is 16.2 Å². The summed E-state index contributed by atoms with van der Waals surface area (Å²) in [6, 6.07) is 13.0. The average Bonchev–Trinajstić information content (AvgIpc) is 2.68. The molecule has 0 radical (unpaired) electrons. The summed E-state index contributed by atoms with van der Waals surface area (Å²) in [5.41, 5.74) is 5.00. The zero-order valence-corrected chi connectivity index (χ0v) is 16.9. The second-order valence-corrected chi connectivity index (χ2v) is 6.87. The zero-order valence-electron chi connectivity index (χ0n) is 16.2. The maximum Gasteiger partial charge on any atom is 0.329 e. The Morgan fingerprint density at radius 3 is 2.57 bits per heavy atom. The highest BCUT2D eigenvalue weighted by atomic mass is 35.5. The van der Waals surface area contributed by atoms with Gasteiger partial charge >= 0.3 is 11.8 Å². The van der Waals surface area contributed by atoms with E-state index >= 15 is 0 Å². The van der Waals surface area contributed by atoms with Gasteiger partial charge in [-0.2, -0.15) is 5.10 Å². The van der Waals surface area contributed by atoms with E-state index in [4.69, 9.17) is 16.3 Å². The normalized spacial score (nSPS) is 11.9. The molecule has 0 spiro atoms. The van der Waals surface area contributed by atoms with Crippen LogP contribution in [0, 0.1) is 6.92 Å². The van der Waals surface area contributed by atoms with E-state index in [2.05, 4.69) is 15.8 Å². The summed E-state index contributed by atoms with van der Waals surface area (Å²) in [5.74, 6) is -0.999. The molecule has 1 atom stereocenters. The molecule has 6 nitrogen and oxygen atoms in total. The monoisotopic (exact) mass is 401 g/mol. The van der Waals surface area contributed by atoms with Crippen molar-refractivity contribution in [1.29, 1.82) is 0 Å². The lowest BCUT2D eigenvalue weighted by atomic mass is 10.1. The lowest BCUT2D eigenvalue weighted by Crippen LogP contribution is -2.41. The van der Waals surface area contributed by atoms with Crippen molar-refractivity contribution in [2.45, 2.75) is 39.8 Å². The van der Waals surface area contributed by atoms with E-state index in [-0.39, 0.29) is 6.04 Å². The Labute approximate surface area is 169 Å². The van der Waals surface area contributed by atoms with Crippen LogP contribution in [0.1, 0.15) is 37.0 Å². The largest absolute Gasteiger partial charge is 0.488 e. The van der Waals surface area contributed by atoms with Gasteiger partial charge < -0.3 is 10.1 Å². The molecular weight excluding hydrogens is 378 g/mol. The number of rotatable bonds is 7. The smallest absolute Gasteiger partial charge is 0.329 e. The lowest BCUT2D eigenvalue weighted by Gasteiger charge is -2.10. The maximum absolute atomic E-state index is 11.8. The lowest BCUT2D eigenvalue weighted by molar-refractivity contribution is -0.139. The third-order valence-electron chi connectivity index (χ3n) is 4.05. The number of ether oxygens (including phenoxy) is 1. The van der Waals surface area contributed by atoms with Crippen molar-refractivity contribution in [3.05, 3.63) is 64.2 Å². The molecule has 2 aromatic carbocycles. The molecule has 0 aliphatic rings. The molecule has 0 unspecified atom stereocenters. The first-order valence-electron chi connectivity index (χ1n) is 9.00. The topological polar surface area (TPSA) is 79.8 Å². The number of nitrogens with one attached hydrogen (secondary N) is 2. The number of halogens is 1. The Morgan fingerprint density at radius 2 is 1.89 bits per heavy atom. The van der Waals surface area contributed by atoms with Crippen LogP contribution in [0.15, 0.2) is 47.6 Å². The average molecular weight is 402 g/mol. The fraction of sp³-hybridized carbons (Fsp3) is 0.286. The molecule has 2 N–H and O–H groups in total. The molecule has 0 heterocycles. The van der Waals surface area contributed by atoms with Crippen molar-refractivity contribution >= 4 is 29.6 Å². The first-order chi connectivity index (χ1) is 13.4. The molecule has 2 amide bonds. The molecule has 2 rings (SSSR count). The molecule has 28 heavy (non-hydrogen) atoms. The molecule has 0 aliphatic heterocycles. The fourth-order valence-electron chi connectivity index (χ4n) is 2.20. The minimum absolute atomic E-state index is 0.0862. The number of hydrogen-bond donors (Lipinski definition) is 2. The van der Waals surface area contributed by atoms with Crippen molar-refractivity contribution in [2.75, 3.05) is 0 Å².